The van der Waals surface area contributed by atoms with E-state index >= 15 is 0 Å². The van der Waals surface area contributed by atoms with Gasteiger partial charge in [0, 0.05) is 38.3 Å². The standard InChI is InChI=1S/C13H19BrClN3/c1-11-9-12(14)13(16-10-11)18-5-2-4-17(6-3-15)7-8-18/h9-10H,2-8H2,1H3. The second-order valence-electron chi connectivity index (χ2n) is 4.69. The van der Waals surface area contributed by atoms with Gasteiger partial charge in [0.15, 0.2) is 0 Å². The van der Waals surface area contributed by atoms with Crippen LogP contribution in [0, 0.1) is 6.92 Å². The Balaban J connectivity index is 2.05. The molecule has 0 N–H and O–H groups in total. The fourth-order valence-corrected chi connectivity index (χ4v) is 3.24. The van der Waals surface area contributed by atoms with Gasteiger partial charge in [-0.2, -0.15) is 0 Å². The van der Waals surface area contributed by atoms with E-state index in [1.165, 1.54) is 12.0 Å². The normalized spacial score (nSPS) is 17.8. The van der Waals surface area contributed by atoms with Crippen molar-refractivity contribution in [1.29, 1.82) is 0 Å². The van der Waals surface area contributed by atoms with Crippen LogP contribution in [0.1, 0.15) is 12.0 Å². The summed E-state index contributed by atoms with van der Waals surface area (Å²) in [6, 6.07) is 2.13. The summed E-state index contributed by atoms with van der Waals surface area (Å²) < 4.78 is 1.09. The Morgan fingerprint density at radius 2 is 2.17 bits per heavy atom. The minimum Gasteiger partial charge on any atom is -0.354 e. The Bertz CT molecular complexity index is 400. The number of nitrogens with zero attached hydrogens (tertiary/aromatic N) is 3. The second kappa shape index (κ2) is 6.73. The topological polar surface area (TPSA) is 19.4 Å². The van der Waals surface area contributed by atoms with Gasteiger partial charge in [0.05, 0.1) is 4.47 Å². The lowest BCUT2D eigenvalue weighted by atomic mass is 10.3. The molecular formula is C13H19BrClN3. The molecule has 0 saturated carbocycles. The van der Waals surface area contributed by atoms with Crippen molar-refractivity contribution < 1.29 is 0 Å². The first-order valence-electron chi connectivity index (χ1n) is 6.36. The fraction of sp³-hybridized carbons (Fsp3) is 0.615. The third-order valence-corrected chi connectivity index (χ3v) is 4.00. The van der Waals surface area contributed by atoms with E-state index in [-0.39, 0.29) is 0 Å². The molecule has 1 fully saturated rings. The number of hydrogen-bond acceptors (Lipinski definition) is 3. The van der Waals surface area contributed by atoms with Crippen LogP contribution in [0.3, 0.4) is 0 Å². The quantitative estimate of drug-likeness (QED) is 0.794. The first-order valence-corrected chi connectivity index (χ1v) is 7.69. The largest absolute Gasteiger partial charge is 0.354 e. The van der Waals surface area contributed by atoms with Crippen LogP contribution < -0.4 is 4.90 Å². The highest BCUT2D eigenvalue weighted by Gasteiger charge is 2.17. The predicted octanol–water partition coefficient (Wildman–Crippen LogP) is 2.90. The van der Waals surface area contributed by atoms with Crippen LogP contribution in [0.25, 0.3) is 0 Å². The zero-order valence-corrected chi connectivity index (χ0v) is 13.0. The number of aryl methyl sites for hydroxylation is 1. The van der Waals surface area contributed by atoms with Crippen LogP contribution in [0.2, 0.25) is 0 Å². The lowest BCUT2D eigenvalue weighted by Crippen LogP contribution is -2.32. The van der Waals surface area contributed by atoms with Crippen LogP contribution in [-0.2, 0) is 0 Å². The Kier molecular flexibility index (Phi) is 5.27. The first-order chi connectivity index (χ1) is 8.70. The molecule has 1 aliphatic rings. The zero-order valence-electron chi connectivity index (χ0n) is 10.7. The summed E-state index contributed by atoms with van der Waals surface area (Å²) in [6.07, 6.45) is 3.10. The maximum Gasteiger partial charge on any atom is 0.142 e. The molecule has 18 heavy (non-hydrogen) atoms. The van der Waals surface area contributed by atoms with Gasteiger partial charge >= 0.3 is 0 Å². The van der Waals surface area contributed by atoms with Gasteiger partial charge in [0.2, 0.25) is 0 Å². The lowest BCUT2D eigenvalue weighted by Gasteiger charge is -2.23. The lowest BCUT2D eigenvalue weighted by molar-refractivity contribution is 0.311. The van der Waals surface area contributed by atoms with Crippen molar-refractivity contribution >= 4 is 33.3 Å². The molecule has 2 heterocycles. The van der Waals surface area contributed by atoms with Crippen LogP contribution in [-0.4, -0.2) is 48.5 Å². The number of hydrogen-bond donors (Lipinski definition) is 0. The molecule has 0 spiro atoms. The minimum absolute atomic E-state index is 0.715. The highest BCUT2D eigenvalue weighted by molar-refractivity contribution is 9.10. The molecule has 0 atom stereocenters. The highest BCUT2D eigenvalue weighted by atomic mass is 79.9. The molecule has 0 amide bonds. The van der Waals surface area contributed by atoms with Gasteiger partial charge in [-0.15, -0.1) is 11.6 Å². The van der Waals surface area contributed by atoms with Gasteiger partial charge in [-0.1, -0.05) is 0 Å². The van der Waals surface area contributed by atoms with Gasteiger partial charge in [-0.3, -0.25) is 0 Å². The number of halogens is 2. The van der Waals surface area contributed by atoms with Crippen LogP contribution in [0.4, 0.5) is 5.82 Å². The number of aromatic nitrogens is 1. The molecular weight excluding hydrogens is 314 g/mol. The minimum atomic E-state index is 0.715. The first kappa shape index (κ1) is 14.1. The monoisotopic (exact) mass is 331 g/mol. The van der Waals surface area contributed by atoms with Gasteiger partial charge in [0.25, 0.3) is 0 Å². The fourth-order valence-electron chi connectivity index (χ4n) is 2.28. The van der Waals surface area contributed by atoms with Crippen molar-refractivity contribution in [3.05, 3.63) is 22.3 Å². The molecule has 2 rings (SSSR count). The summed E-state index contributed by atoms with van der Waals surface area (Å²) in [7, 11) is 0. The molecule has 1 saturated heterocycles. The Labute approximate surface area is 122 Å². The molecule has 0 bridgehead atoms. The van der Waals surface area contributed by atoms with Crippen molar-refractivity contribution in [3.8, 4) is 0 Å². The summed E-state index contributed by atoms with van der Waals surface area (Å²) in [5, 5.41) is 0. The van der Waals surface area contributed by atoms with Crippen molar-refractivity contribution in [2.24, 2.45) is 0 Å². The third-order valence-electron chi connectivity index (χ3n) is 3.25. The predicted molar refractivity (Wildman–Crippen MR) is 80.7 cm³/mol. The van der Waals surface area contributed by atoms with E-state index in [2.05, 4.69) is 43.7 Å². The highest BCUT2D eigenvalue weighted by Crippen LogP contribution is 2.25. The smallest absolute Gasteiger partial charge is 0.142 e. The maximum absolute atomic E-state index is 5.81. The van der Waals surface area contributed by atoms with Gasteiger partial charge < -0.3 is 9.80 Å². The van der Waals surface area contributed by atoms with E-state index in [4.69, 9.17) is 11.6 Å². The maximum atomic E-state index is 5.81. The molecule has 100 valence electrons. The van der Waals surface area contributed by atoms with Crippen LogP contribution >= 0.6 is 27.5 Å². The summed E-state index contributed by atoms with van der Waals surface area (Å²) in [6.45, 7) is 7.32. The Morgan fingerprint density at radius 1 is 1.33 bits per heavy atom. The average Bonchev–Trinajstić information content (AvgIpc) is 2.55. The molecule has 0 aliphatic carbocycles. The van der Waals surface area contributed by atoms with E-state index < -0.39 is 0 Å². The second-order valence-corrected chi connectivity index (χ2v) is 5.92. The summed E-state index contributed by atoms with van der Waals surface area (Å²) in [5.41, 5.74) is 1.18. The summed E-state index contributed by atoms with van der Waals surface area (Å²) in [5.74, 6) is 1.78. The Hall–Kier alpha value is -0.320. The zero-order chi connectivity index (χ0) is 13.0. The van der Waals surface area contributed by atoms with Crippen LogP contribution in [0.15, 0.2) is 16.7 Å². The van der Waals surface area contributed by atoms with Crippen molar-refractivity contribution in [1.82, 2.24) is 9.88 Å². The van der Waals surface area contributed by atoms with Crippen molar-refractivity contribution in [3.63, 3.8) is 0 Å². The van der Waals surface area contributed by atoms with E-state index in [9.17, 15) is 0 Å². The molecule has 0 aromatic carbocycles. The molecule has 1 aromatic heterocycles. The van der Waals surface area contributed by atoms with Gasteiger partial charge in [0.1, 0.15) is 5.82 Å². The molecule has 0 unspecified atom stereocenters. The van der Waals surface area contributed by atoms with Gasteiger partial charge in [-0.25, -0.2) is 4.98 Å². The van der Waals surface area contributed by atoms with E-state index in [1.54, 1.807) is 0 Å². The Morgan fingerprint density at radius 3 is 2.89 bits per heavy atom. The molecule has 5 heteroatoms. The van der Waals surface area contributed by atoms with Crippen molar-refractivity contribution in [2.45, 2.75) is 13.3 Å². The summed E-state index contributed by atoms with van der Waals surface area (Å²) >= 11 is 9.42. The van der Waals surface area contributed by atoms with E-state index in [0.29, 0.717) is 5.88 Å². The summed E-state index contributed by atoms with van der Waals surface area (Å²) in [4.78, 5) is 9.33. The molecule has 0 radical (unpaired) electrons. The SMILES string of the molecule is Cc1cnc(N2CCCN(CCCl)CC2)c(Br)c1. The van der Waals surface area contributed by atoms with E-state index in [0.717, 1.165) is 43.0 Å². The average molecular weight is 333 g/mol. The number of pyridine rings is 1. The molecule has 3 nitrogen and oxygen atoms in total. The molecule has 1 aliphatic heterocycles. The third kappa shape index (κ3) is 3.59. The van der Waals surface area contributed by atoms with E-state index in [1.807, 2.05) is 6.20 Å². The van der Waals surface area contributed by atoms with Crippen molar-refractivity contribution in [2.75, 3.05) is 43.5 Å². The molecule has 1 aromatic rings. The van der Waals surface area contributed by atoms with Crippen LogP contribution in [0.5, 0.6) is 0 Å². The number of anilines is 1. The van der Waals surface area contributed by atoms with Gasteiger partial charge in [-0.05, 0) is 47.4 Å². The number of rotatable bonds is 3. The number of alkyl halides is 1.